The maximum absolute atomic E-state index is 4.69. The zero-order valence-corrected chi connectivity index (χ0v) is 12.1. The summed E-state index contributed by atoms with van der Waals surface area (Å²) >= 11 is 1.88. The molecule has 0 aliphatic carbocycles. The second-order valence-electron chi connectivity index (χ2n) is 4.74. The second-order valence-corrected chi connectivity index (χ2v) is 5.73. The molecule has 0 amide bonds. The number of fused-ring (bicyclic) bond motifs is 1. The Hall–Kier alpha value is -1.62. The lowest BCUT2D eigenvalue weighted by Gasteiger charge is -2.10. The third kappa shape index (κ3) is 2.18. The third-order valence-corrected chi connectivity index (χ3v) is 4.21. The number of hydrogen-bond donors (Lipinski definition) is 1. The molecular weight excluding hydrogens is 256 g/mol. The molecule has 2 aromatic rings. The molecule has 0 unspecified atom stereocenters. The number of aromatic nitrogens is 3. The second kappa shape index (κ2) is 4.81. The van der Waals surface area contributed by atoms with Gasteiger partial charge in [-0.1, -0.05) is 6.07 Å². The summed E-state index contributed by atoms with van der Waals surface area (Å²) in [5, 5.41) is 3.18. The van der Waals surface area contributed by atoms with Crippen molar-refractivity contribution in [2.75, 3.05) is 12.4 Å². The highest BCUT2D eigenvalue weighted by Gasteiger charge is 2.20. The molecule has 0 saturated carbocycles. The average molecular weight is 272 g/mol. The molecule has 19 heavy (non-hydrogen) atoms. The Balaban J connectivity index is 2.15. The van der Waals surface area contributed by atoms with E-state index in [0.717, 1.165) is 45.7 Å². The number of nitrogens with one attached hydrogen (secondary N) is 1. The maximum atomic E-state index is 4.69. The van der Waals surface area contributed by atoms with Gasteiger partial charge in [-0.2, -0.15) is 11.8 Å². The van der Waals surface area contributed by atoms with Crippen molar-refractivity contribution < 1.29 is 0 Å². The van der Waals surface area contributed by atoms with Crippen LogP contribution in [0.2, 0.25) is 0 Å². The topological polar surface area (TPSA) is 50.7 Å². The van der Waals surface area contributed by atoms with Gasteiger partial charge in [0.05, 0.1) is 5.69 Å². The minimum atomic E-state index is 0.725. The first-order chi connectivity index (χ1) is 9.19. The fourth-order valence-electron chi connectivity index (χ4n) is 2.31. The van der Waals surface area contributed by atoms with E-state index < -0.39 is 0 Å². The highest BCUT2D eigenvalue weighted by molar-refractivity contribution is 7.98. The quantitative estimate of drug-likeness (QED) is 0.911. The maximum Gasteiger partial charge on any atom is 0.180 e. The molecule has 4 nitrogen and oxygen atoms in total. The van der Waals surface area contributed by atoms with Crippen LogP contribution in [-0.2, 0) is 11.5 Å². The van der Waals surface area contributed by atoms with Gasteiger partial charge < -0.3 is 5.32 Å². The van der Waals surface area contributed by atoms with Gasteiger partial charge in [0.15, 0.2) is 5.82 Å². The lowest BCUT2D eigenvalue weighted by Crippen LogP contribution is -2.05. The van der Waals surface area contributed by atoms with Crippen molar-refractivity contribution in [2.24, 2.45) is 0 Å². The van der Waals surface area contributed by atoms with E-state index in [1.807, 2.05) is 31.9 Å². The largest absolute Gasteiger partial charge is 0.373 e. The van der Waals surface area contributed by atoms with Crippen molar-refractivity contribution in [3.05, 3.63) is 34.6 Å². The molecule has 98 valence electrons. The van der Waals surface area contributed by atoms with E-state index in [4.69, 9.17) is 0 Å². The van der Waals surface area contributed by atoms with Gasteiger partial charge in [0.25, 0.3) is 0 Å². The van der Waals surface area contributed by atoms with E-state index in [0.29, 0.717) is 0 Å². The van der Waals surface area contributed by atoms with Crippen LogP contribution in [0.15, 0.2) is 12.3 Å². The number of pyridine rings is 1. The first kappa shape index (κ1) is 12.4. The van der Waals surface area contributed by atoms with Crippen LogP contribution in [-0.4, -0.2) is 22.0 Å². The van der Waals surface area contributed by atoms with Gasteiger partial charge in [0.1, 0.15) is 11.5 Å². The Morgan fingerprint density at radius 3 is 2.79 bits per heavy atom. The van der Waals surface area contributed by atoms with E-state index in [2.05, 4.69) is 33.3 Å². The summed E-state index contributed by atoms with van der Waals surface area (Å²) in [4.78, 5) is 13.8. The minimum absolute atomic E-state index is 0.725. The molecule has 0 fully saturated rings. The van der Waals surface area contributed by atoms with Crippen molar-refractivity contribution in [1.29, 1.82) is 0 Å². The van der Waals surface area contributed by atoms with Crippen molar-refractivity contribution in [3.63, 3.8) is 0 Å². The smallest absolute Gasteiger partial charge is 0.180 e. The van der Waals surface area contributed by atoms with Gasteiger partial charge in [-0.25, -0.2) is 9.97 Å². The summed E-state index contributed by atoms with van der Waals surface area (Å²) < 4.78 is 0. The minimum Gasteiger partial charge on any atom is -0.373 e. The van der Waals surface area contributed by atoms with Crippen molar-refractivity contribution in [2.45, 2.75) is 25.4 Å². The summed E-state index contributed by atoms with van der Waals surface area (Å²) in [5.41, 5.74) is 5.53. The van der Waals surface area contributed by atoms with E-state index in [-0.39, 0.29) is 0 Å². The number of thioether (sulfide) groups is 1. The van der Waals surface area contributed by atoms with Crippen molar-refractivity contribution >= 4 is 17.6 Å². The summed E-state index contributed by atoms with van der Waals surface area (Å²) in [5.74, 6) is 3.62. The van der Waals surface area contributed by atoms with Crippen LogP contribution in [0, 0.1) is 13.8 Å². The van der Waals surface area contributed by atoms with Crippen LogP contribution in [0.5, 0.6) is 0 Å². The Morgan fingerprint density at radius 2 is 2.05 bits per heavy atom. The number of anilines is 1. The van der Waals surface area contributed by atoms with Crippen LogP contribution in [0.3, 0.4) is 0 Å². The zero-order valence-electron chi connectivity index (χ0n) is 11.3. The molecule has 3 heterocycles. The number of aryl methyl sites for hydroxylation is 2. The predicted molar refractivity (Wildman–Crippen MR) is 79.3 cm³/mol. The normalized spacial score (nSPS) is 13.4. The number of hydrogen-bond acceptors (Lipinski definition) is 5. The summed E-state index contributed by atoms with van der Waals surface area (Å²) in [6.45, 7) is 4.10. The van der Waals surface area contributed by atoms with Crippen LogP contribution >= 0.6 is 11.8 Å². The van der Waals surface area contributed by atoms with Crippen molar-refractivity contribution in [3.8, 4) is 11.5 Å². The molecule has 1 aliphatic heterocycles. The molecule has 1 aliphatic rings. The first-order valence-corrected chi connectivity index (χ1v) is 7.43. The van der Waals surface area contributed by atoms with Gasteiger partial charge in [-0.3, -0.25) is 4.98 Å². The Kier molecular flexibility index (Phi) is 3.14. The highest BCUT2D eigenvalue weighted by Crippen LogP contribution is 2.34. The van der Waals surface area contributed by atoms with Crippen LogP contribution in [0.4, 0.5) is 5.82 Å². The fourth-order valence-corrected chi connectivity index (χ4v) is 3.35. The fraction of sp³-hybridized carbons (Fsp3) is 0.357. The molecular formula is C14H16N4S. The molecule has 1 N–H and O–H groups in total. The zero-order chi connectivity index (χ0) is 13.4. The van der Waals surface area contributed by atoms with Crippen LogP contribution < -0.4 is 5.32 Å². The summed E-state index contributed by atoms with van der Waals surface area (Å²) in [6, 6.07) is 2.12. The molecule has 0 spiro atoms. The lowest BCUT2D eigenvalue weighted by molar-refractivity contribution is 1.05. The van der Waals surface area contributed by atoms with Crippen molar-refractivity contribution in [1.82, 2.24) is 15.0 Å². The molecule has 0 atom stereocenters. The molecule has 2 aromatic heterocycles. The molecule has 0 radical (unpaired) electrons. The first-order valence-electron chi connectivity index (χ1n) is 6.28. The van der Waals surface area contributed by atoms with Gasteiger partial charge in [-0.15, -0.1) is 0 Å². The Labute approximate surface area is 117 Å². The Bertz CT molecular complexity index is 640. The molecule has 5 heteroatoms. The predicted octanol–water partition coefficient (Wildman–Crippen LogP) is 2.94. The van der Waals surface area contributed by atoms with Crippen LogP contribution in [0.1, 0.15) is 22.4 Å². The molecule has 0 bridgehead atoms. The standard InChI is InChI=1S/C14H16N4S/c1-8-4-9(2)12(16-5-8)14-17-11-7-19-6-10(11)13(15-3)18-14/h4-5H,6-7H2,1-3H3,(H,15,17,18). The Morgan fingerprint density at radius 1 is 1.21 bits per heavy atom. The average Bonchev–Trinajstić information content (AvgIpc) is 2.85. The molecule has 0 saturated heterocycles. The van der Waals surface area contributed by atoms with E-state index in [9.17, 15) is 0 Å². The lowest BCUT2D eigenvalue weighted by atomic mass is 10.1. The van der Waals surface area contributed by atoms with Gasteiger partial charge in [0, 0.05) is 30.3 Å². The van der Waals surface area contributed by atoms with E-state index in [1.165, 1.54) is 5.56 Å². The highest BCUT2D eigenvalue weighted by atomic mass is 32.2. The van der Waals surface area contributed by atoms with E-state index in [1.54, 1.807) is 0 Å². The molecule has 3 rings (SSSR count). The number of rotatable bonds is 2. The molecule has 0 aromatic carbocycles. The van der Waals surface area contributed by atoms with Gasteiger partial charge in [-0.05, 0) is 25.0 Å². The van der Waals surface area contributed by atoms with Gasteiger partial charge in [0.2, 0.25) is 0 Å². The summed E-state index contributed by atoms with van der Waals surface area (Å²) in [6.07, 6.45) is 1.87. The third-order valence-electron chi connectivity index (χ3n) is 3.24. The summed E-state index contributed by atoms with van der Waals surface area (Å²) in [7, 11) is 1.91. The monoisotopic (exact) mass is 272 g/mol. The van der Waals surface area contributed by atoms with E-state index >= 15 is 0 Å². The van der Waals surface area contributed by atoms with Crippen LogP contribution in [0.25, 0.3) is 11.5 Å². The number of nitrogens with zero attached hydrogens (tertiary/aromatic N) is 3. The van der Waals surface area contributed by atoms with Gasteiger partial charge >= 0.3 is 0 Å². The SMILES string of the molecule is CNc1nc(-c2ncc(C)cc2C)nc2c1CSC2.